The number of rotatable bonds is 7. The van der Waals surface area contributed by atoms with E-state index < -0.39 is 11.5 Å². The van der Waals surface area contributed by atoms with Crippen molar-refractivity contribution in [2.75, 3.05) is 18.5 Å². The fraction of sp³-hybridized carbons (Fsp3) is 0.562. The van der Waals surface area contributed by atoms with Crippen LogP contribution in [0.3, 0.4) is 0 Å². The van der Waals surface area contributed by atoms with Crippen molar-refractivity contribution in [3.05, 3.63) is 29.3 Å². The minimum absolute atomic E-state index is 0.503. The van der Waals surface area contributed by atoms with Crippen molar-refractivity contribution in [3.63, 3.8) is 0 Å². The van der Waals surface area contributed by atoms with Gasteiger partial charge in [0.25, 0.3) is 0 Å². The first-order chi connectivity index (χ1) is 9.24. The third-order valence-electron chi connectivity index (χ3n) is 3.69. The van der Waals surface area contributed by atoms with Crippen LogP contribution in [0.2, 0.25) is 0 Å². The molecule has 1 aromatic carbocycles. The molecule has 1 rings (SSSR count). The van der Waals surface area contributed by atoms with Gasteiger partial charge in [-0.25, -0.2) is 0 Å². The summed E-state index contributed by atoms with van der Waals surface area (Å²) >= 11 is 0. The third kappa shape index (κ3) is 4.53. The van der Waals surface area contributed by atoms with Gasteiger partial charge >= 0.3 is 5.97 Å². The molecule has 0 spiro atoms. The number of aryl methyl sites for hydroxylation is 2. The number of nitrogens with zero attached hydrogens (tertiary/aromatic N) is 1. The number of nitrogens with two attached hydrogens (primary N) is 1. The molecule has 0 aromatic heterocycles. The summed E-state index contributed by atoms with van der Waals surface area (Å²) in [5, 5.41) is 8.95. The predicted octanol–water partition coefficient (Wildman–Crippen LogP) is 2.71. The van der Waals surface area contributed by atoms with Crippen LogP contribution in [0.5, 0.6) is 0 Å². The molecule has 0 aliphatic rings. The molecule has 0 bridgehead atoms. The van der Waals surface area contributed by atoms with Crippen LogP contribution in [0.4, 0.5) is 5.69 Å². The van der Waals surface area contributed by atoms with E-state index in [0.29, 0.717) is 6.42 Å². The van der Waals surface area contributed by atoms with Gasteiger partial charge in [0, 0.05) is 19.3 Å². The van der Waals surface area contributed by atoms with E-state index in [1.54, 1.807) is 6.92 Å². The quantitative estimate of drug-likeness (QED) is 0.753. The summed E-state index contributed by atoms with van der Waals surface area (Å²) in [5.41, 5.74) is 8.36. The standard InChI is InChI=1S/C16H26N2O2/c1-12-7-8-14(13(2)11-12)18(4)10-6-5-9-16(3,17)15(19)20/h7-8,11H,5-6,9-10,17H2,1-4H3,(H,19,20). The second kappa shape index (κ2) is 6.75. The monoisotopic (exact) mass is 278 g/mol. The number of carboxylic acids is 1. The van der Waals surface area contributed by atoms with Gasteiger partial charge in [-0.2, -0.15) is 0 Å². The second-order valence-corrected chi connectivity index (χ2v) is 5.89. The van der Waals surface area contributed by atoms with Gasteiger partial charge in [0.1, 0.15) is 5.54 Å². The highest BCUT2D eigenvalue weighted by Gasteiger charge is 2.26. The van der Waals surface area contributed by atoms with Crippen LogP contribution in [0.25, 0.3) is 0 Å². The van der Waals surface area contributed by atoms with Gasteiger partial charge in [0.2, 0.25) is 0 Å². The lowest BCUT2D eigenvalue weighted by Crippen LogP contribution is -2.44. The fourth-order valence-corrected chi connectivity index (χ4v) is 2.30. The van der Waals surface area contributed by atoms with Crippen molar-refractivity contribution >= 4 is 11.7 Å². The molecular weight excluding hydrogens is 252 g/mol. The lowest BCUT2D eigenvalue weighted by molar-refractivity contribution is -0.142. The van der Waals surface area contributed by atoms with Crippen LogP contribution in [0.15, 0.2) is 18.2 Å². The Hall–Kier alpha value is -1.55. The molecule has 0 aliphatic carbocycles. The normalized spacial score (nSPS) is 13.8. The summed E-state index contributed by atoms with van der Waals surface area (Å²) in [6.45, 7) is 6.67. The molecule has 4 nitrogen and oxygen atoms in total. The molecule has 1 unspecified atom stereocenters. The maximum Gasteiger partial charge on any atom is 0.323 e. The van der Waals surface area contributed by atoms with Crippen molar-refractivity contribution in [1.29, 1.82) is 0 Å². The lowest BCUT2D eigenvalue weighted by Gasteiger charge is -2.23. The Kier molecular flexibility index (Phi) is 5.57. The van der Waals surface area contributed by atoms with Gasteiger partial charge in [0.05, 0.1) is 0 Å². The highest BCUT2D eigenvalue weighted by Crippen LogP contribution is 2.20. The summed E-state index contributed by atoms with van der Waals surface area (Å²) < 4.78 is 0. The second-order valence-electron chi connectivity index (χ2n) is 5.89. The SMILES string of the molecule is Cc1ccc(N(C)CCCCC(C)(N)C(=O)O)c(C)c1. The number of benzene rings is 1. The van der Waals surface area contributed by atoms with Crippen LogP contribution in [0, 0.1) is 13.8 Å². The number of hydrogen-bond acceptors (Lipinski definition) is 3. The minimum atomic E-state index is -1.11. The van der Waals surface area contributed by atoms with Crippen molar-refractivity contribution in [1.82, 2.24) is 0 Å². The zero-order valence-corrected chi connectivity index (χ0v) is 12.9. The maximum absolute atomic E-state index is 10.9. The molecule has 0 heterocycles. The highest BCUT2D eigenvalue weighted by atomic mass is 16.4. The van der Waals surface area contributed by atoms with Gasteiger partial charge in [0.15, 0.2) is 0 Å². The average molecular weight is 278 g/mol. The molecule has 112 valence electrons. The number of aliphatic carboxylic acids is 1. The van der Waals surface area contributed by atoms with Crippen molar-refractivity contribution in [2.24, 2.45) is 5.73 Å². The van der Waals surface area contributed by atoms with Gasteiger partial charge in [-0.3, -0.25) is 4.79 Å². The Labute approximate surface area is 121 Å². The first-order valence-corrected chi connectivity index (χ1v) is 7.05. The Morgan fingerprint density at radius 1 is 1.35 bits per heavy atom. The number of anilines is 1. The Balaban J connectivity index is 2.44. The maximum atomic E-state index is 10.9. The molecule has 0 saturated carbocycles. The Morgan fingerprint density at radius 3 is 2.55 bits per heavy atom. The molecule has 0 fully saturated rings. The third-order valence-corrected chi connectivity index (χ3v) is 3.69. The lowest BCUT2D eigenvalue weighted by atomic mass is 9.96. The zero-order valence-electron chi connectivity index (χ0n) is 12.9. The predicted molar refractivity (Wildman–Crippen MR) is 83.3 cm³/mol. The number of unbranched alkanes of at least 4 members (excludes halogenated alkanes) is 1. The van der Waals surface area contributed by atoms with E-state index in [0.717, 1.165) is 19.4 Å². The van der Waals surface area contributed by atoms with E-state index in [9.17, 15) is 4.79 Å². The van der Waals surface area contributed by atoms with Crippen LogP contribution >= 0.6 is 0 Å². The van der Waals surface area contributed by atoms with E-state index in [-0.39, 0.29) is 0 Å². The summed E-state index contributed by atoms with van der Waals surface area (Å²) in [6, 6.07) is 6.42. The van der Waals surface area contributed by atoms with E-state index in [1.165, 1.54) is 16.8 Å². The summed E-state index contributed by atoms with van der Waals surface area (Å²) in [6.07, 6.45) is 2.25. The summed E-state index contributed by atoms with van der Waals surface area (Å²) in [7, 11) is 2.07. The Morgan fingerprint density at radius 2 is 2.00 bits per heavy atom. The van der Waals surface area contributed by atoms with Crippen molar-refractivity contribution < 1.29 is 9.90 Å². The molecule has 20 heavy (non-hydrogen) atoms. The molecule has 0 radical (unpaired) electrons. The fourth-order valence-electron chi connectivity index (χ4n) is 2.30. The van der Waals surface area contributed by atoms with Crippen molar-refractivity contribution in [3.8, 4) is 0 Å². The van der Waals surface area contributed by atoms with Crippen LogP contribution in [-0.4, -0.2) is 30.2 Å². The average Bonchev–Trinajstić information content (AvgIpc) is 2.34. The van der Waals surface area contributed by atoms with Gasteiger partial charge in [-0.05, 0) is 51.7 Å². The van der Waals surface area contributed by atoms with E-state index in [1.807, 2.05) is 0 Å². The molecule has 0 amide bonds. The largest absolute Gasteiger partial charge is 0.480 e. The number of hydrogen-bond donors (Lipinski definition) is 2. The van der Waals surface area contributed by atoms with Crippen LogP contribution in [0.1, 0.15) is 37.3 Å². The number of carbonyl (C=O) groups is 1. The Bertz CT molecular complexity index is 470. The number of carboxylic acid groups (broad SMARTS) is 1. The van der Waals surface area contributed by atoms with E-state index in [4.69, 9.17) is 10.8 Å². The van der Waals surface area contributed by atoms with Gasteiger partial charge < -0.3 is 15.7 Å². The van der Waals surface area contributed by atoms with E-state index in [2.05, 4.69) is 44.0 Å². The van der Waals surface area contributed by atoms with Gasteiger partial charge in [-0.15, -0.1) is 0 Å². The summed E-state index contributed by atoms with van der Waals surface area (Å²) in [5.74, 6) is -0.930. The molecule has 0 aliphatic heterocycles. The van der Waals surface area contributed by atoms with Gasteiger partial charge in [-0.1, -0.05) is 17.7 Å². The molecule has 3 N–H and O–H groups in total. The molecule has 1 atom stereocenters. The first kappa shape index (κ1) is 16.5. The minimum Gasteiger partial charge on any atom is -0.480 e. The molecule has 0 saturated heterocycles. The van der Waals surface area contributed by atoms with Crippen LogP contribution < -0.4 is 10.6 Å². The van der Waals surface area contributed by atoms with Crippen LogP contribution in [-0.2, 0) is 4.79 Å². The summed E-state index contributed by atoms with van der Waals surface area (Å²) in [4.78, 5) is 13.1. The topological polar surface area (TPSA) is 66.6 Å². The molecule has 4 heteroatoms. The highest BCUT2D eigenvalue weighted by molar-refractivity contribution is 5.77. The molecule has 1 aromatic rings. The smallest absolute Gasteiger partial charge is 0.323 e. The molecular formula is C16H26N2O2. The van der Waals surface area contributed by atoms with E-state index >= 15 is 0 Å². The van der Waals surface area contributed by atoms with Crippen molar-refractivity contribution in [2.45, 2.75) is 45.6 Å². The first-order valence-electron chi connectivity index (χ1n) is 7.05. The zero-order chi connectivity index (χ0) is 15.3.